The lowest BCUT2D eigenvalue weighted by Crippen LogP contribution is -2.42. The van der Waals surface area contributed by atoms with Gasteiger partial charge in [-0.3, -0.25) is 0 Å². The first-order valence-corrected chi connectivity index (χ1v) is 7.00. The second kappa shape index (κ2) is 6.61. The molecule has 1 aliphatic rings. The van der Waals surface area contributed by atoms with E-state index in [0.717, 1.165) is 25.3 Å². The average molecular weight is 227 g/mol. The Morgan fingerprint density at radius 3 is 2.19 bits per heavy atom. The van der Waals surface area contributed by atoms with E-state index in [1.165, 1.54) is 38.6 Å². The summed E-state index contributed by atoms with van der Waals surface area (Å²) >= 11 is 0. The minimum absolute atomic E-state index is 0.469. The van der Waals surface area contributed by atoms with E-state index in [9.17, 15) is 5.11 Å². The molecule has 0 radical (unpaired) electrons. The third kappa shape index (κ3) is 4.42. The summed E-state index contributed by atoms with van der Waals surface area (Å²) in [6, 6.07) is 0. The smallest absolute Gasteiger partial charge is 0.0768 e. The van der Waals surface area contributed by atoms with E-state index >= 15 is 0 Å². The second-order valence-corrected chi connectivity index (χ2v) is 5.63. The number of likely N-dealkylation sites (N-methyl/N-ethyl adjacent to an activating group) is 1. The van der Waals surface area contributed by atoms with Crippen molar-refractivity contribution in [3.8, 4) is 0 Å². The van der Waals surface area contributed by atoms with Gasteiger partial charge in [0.15, 0.2) is 0 Å². The zero-order chi connectivity index (χ0) is 12.0. The molecule has 0 unspecified atom stereocenters. The van der Waals surface area contributed by atoms with Gasteiger partial charge in [-0.25, -0.2) is 0 Å². The van der Waals surface area contributed by atoms with Crippen molar-refractivity contribution in [1.82, 2.24) is 4.90 Å². The lowest BCUT2D eigenvalue weighted by atomic mass is 9.88. The number of rotatable bonds is 6. The lowest BCUT2D eigenvalue weighted by Gasteiger charge is -2.33. The van der Waals surface area contributed by atoms with Crippen LogP contribution in [0.5, 0.6) is 0 Å². The van der Waals surface area contributed by atoms with Gasteiger partial charge in [0.2, 0.25) is 0 Å². The zero-order valence-electron chi connectivity index (χ0n) is 11.3. The van der Waals surface area contributed by atoms with Crippen LogP contribution in [0.25, 0.3) is 0 Å². The number of aliphatic hydroxyl groups is 1. The molecule has 0 aliphatic heterocycles. The Kier molecular flexibility index (Phi) is 5.77. The van der Waals surface area contributed by atoms with E-state index in [0.29, 0.717) is 0 Å². The molecule has 1 N–H and O–H groups in total. The predicted octanol–water partition coefficient (Wildman–Crippen LogP) is 3.05. The molecule has 0 aromatic rings. The van der Waals surface area contributed by atoms with Crippen molar-refractivity contribution in [3.05, 3.63) is 0 Å². The van der Waals surface area contributed by atoms with Crippen LogP contribution in [0.4, 0.5) is 0 Å². The first-order chi connectivity index (χ1) is 7.59. The highest BCUT2D eigenvalue weighted by atomic mass is 16.3. The van der Waals surface area contributed by atoms with Gasteiger partial charge in [0.25, 0.3) is 0 Å². The van der Waals surface area contributed by atoms with Crippen molar-refractivity contribution in [2.24, 2.45) is 5.92 Å². The van der Waals surface area contributed by atoms with E-state index in [4.69, 9.17) is 0 Å². The molecule has 16 heavy (non-hydrogen) atoms. The van der Waals surface area contributed by atoms with Crippen LogP contribution in [0.3, 0.4) is 0 Å². The average Bonchev–Trinajstić information content (AvgIpc) is 2.30. The van der Waals surface area contributed by atoms with Crippen LogP contribution in [-0.4, -0.2) is 35.7 Å². The van der Waals surface area contributed by atoms with Gasteiger partial charge in [-0.2, -0.15) is 0 Å². The van der Waals surface area contributed by atoms with Crippen LogP contribution < -0.4 is 0 Å². The number of hydrogen-bond acceptors (Lipinski definition) is 2. The van der Waals surface area contributed by atoms with E-state index in [2.05, 4.69) is 25.8 Å². The molecule has 0 amide bonds. The summed E-state index contributed by atoms with van der Waals surface area (Å²) in [5, 5.41) is 10.3. The molecule has 0 spiro atoms. The van der Waals surface area contributed by atoms with Gasteiger partial charge >= 0.3 is 0 Å². The van der Waals surface area contributed by atoms with Gasteiger partial charge in [-0.05, 0) is 38.6 Å². The van der Waals surface area contributed by atoms with Crippen molar-refractivity contribution in [3.63, 3.8) is 0 Å². The molecular formula is C14H29NO. The van der Waals surface area contributed by atoms with E-state index in [1.807, 2.05) is 0 Å². The van der Waals surface area contributed by atoms with Gasteiger partial charge < -0.3 is 10.0 Å². The molecule has 2 heteroatoms. The third-order valence-corrected chi connectivity index (χ3v) is 4.18. The molecule has 0 bridgehead atoms. The van der Waals surface area contributed by atoms with E-state index < -0.39 is 5.60 Å². The summed E-state index contributed by atoms with van der Waals surface area (Å²) in [6.45, 7) is 6.16. The predicted molar refractivity (Wildman–Crippen MR) is 69.6 cm³/mol. The number of hydrogen-bond donors (Lipinski definition) is 1. The van der Waals surface area contributed by atoms with Crippen LogP contribution >= 0.6 is 0 Å². The normalized spacial score (nSPS) is 19.3. The topological polar surface area (TPSA) is 23.5 Å². The Hall–Kier alpha value is -0.0800. The first kappa shape index (κ1) is 14.0. The largest absolute Gasteiger partial charge is 0.389 e. The van der Waals surface area contributed by atoms with Gasteiger partial charge in [0.05, 0.1) is 5.60 Å². The fourth-order valence-electron chi connectivity index (χ4n) is 2.85. The van der Waals surface area contributed by atoms with E-state index in [1.54, 1.807) is 0 Å². The highest BCUT2D eigenvalue weighted by molar-refractivity contribution is 4.80. The summed E-state index contributed by atoms with van der Waals surface area (Å²) in [5.74, 6) is 0.872. The van der Waals surface area contributed by atoms with Crippen LogP contribution in [0.1, 0.15) is 58.8 Å². The van der Waals surface area contributed by atoms with E-state index in [-0.39, 0.29) is 0 Å². The minimum atomic E-state index is -0.469. The van der Waals surface area contributed by atoms with Crippen LogP contribution in [0.2, 0.25) is 0 Å². The highest BCUT2D eigenvalue weighted by Crippen LogP contribution is 2.25. The summed E-state index contributed by atoms with van der Waals surface area (Å²) < 4.78 is 0. The molecule has 0 heterocycles. The fourth-order valence-corrected chi connectivity index (χ4v) is 2.85. The van der Waals surface area contributed by atoms with Gasteiger partial charge in [0, 0.05) is 13.1 Å². The Morgan fingerprint density at radius 2 is 1.69 bits per heavy atom. The zero-order valence-corrected chi connectivity index (χ0v) is 11.3. The van der Waals surface area contributed by atoms with Crippen LogP contribution in [-0.2, 0) is 0 Å². The van der Waals surface area contributed by atoms with Crippen LogP contribution in [0, 0.1) is 5.92 Å². The number of nitrogens with zero attached hydrogens (tertiary/aromatic N) is 1. The standard InChI is InChI=1S/C14H29NO/c1-4-14(16,5-2)12-15(3)11-13-9-7-6-8-10-13/h13,16H,4-12H2,1-3H3. The monoisotopic (exact) mass is 227 g/mol. The lowest BCUT2D eigenvalue weighted by molar-refractivity contribution is -0.00119. The molecule has 96 valence electrons. The highest BCUT2D eigenvalue weighted by Gasteiger charge is 2.25. The van der Waals surface area contributed by atoms with Crippen molar-refractivity contribution in [2.75, 3.05) is 20.1 Å². The molecule has 1 saturated carbocycles. The van der Waals surface area contributed by atoms with Crippen molar-refractivity contribution < 1.29 is 5.11 Å². The van der Waals surface area contributed by atoms with Gasteiger partial charge in [-0.15, -0.1) is 0 Å². The molecule has 0 aromatic carbocycles. The summed E-state index contributed by atoms with van der Waals surface area (Å²) in [6.07, 6.45) is 8.74. The molecular weight excluding hydrogens is 198 g/mol. The molecule has 1 rings (SSSR count). The summed E-state index contributed by atoms with van der Waals surface area (Å²) in [7, 11) is 2.16. The maximum Gasteiger partial charge on any atom is 0.0768 e. The molecule has 1 fully saturated rings. The Balaban J connectivity index is 2.30. The van der Waals surface area contributed by atoms with Gasteiger partial charge in [-0.1, -0.05) is 33.1 Å². The van der Waals surface area contributed by atoms with Crippen molar-refractivity contribution in [2.45, 2.75) is 64.4 Å². The first-order valence-electron chi connectivity index (χ1n) is 7.00. The van der Waals surface area contributed by atoms with Crippen molar-refractivity contribution in [1.29, 1.82) is 0 Å². The van der Waals surface area contributed by atoms with Gasteiger partial charge in [0.1, 0.15) is 0 Å². The maximum atomic E-state index is 10.3. The second-order valence-electron chi connectivity index (χ2n) is 5.63. The molecule has 2 nitrogen and oxygen atoms in total. The minimum Gasteiger partial charge on any atom is -0.389 e. The summed E-state index contributed by atoms with van der Waals surface area (Å²) in [4.78, 5) is 2.34. The maximum absolute atomic E-state index is 10.3. The molecule has 0 saturated heterocycles. The van der Waals surface area contributed by atoms with Crippen LogP contribution in [0.15, 0.2) is 0 Å². The third-order valence-electron chi connectivity index (χ3n) is 4.18. The Morgan fingerprint density at radius 1 is 1.12 bits per heavy atom. The Labute approximate surface area is 101 Å². The summed E-state index contributed by atoms with van der Waals surface area (Å²) in [5.41, 5.74) is -0.469. The fraction of sp³-hybridized carbons (Fsp3) is 1.00. The quantitative estimate of drug-likeness (QED) is 0.754. The molecule has 0 aromatic heterocycles. The van der Waals surface area contributed by atoms with Crippen molar-refractivity contribution >= 4 is 0 Å². The molecule has 1 aliphatic carbocycles. The molecule has 0 atom stereocenters. The Bertz CT molecular complexity index is 183. The SMILES string of the molecule is CCC(O)(CC)CN(C)CC1CCCCC1.